The molecular formula is C14H15BrN2O5. The number of aliphatic carboxylic acids is 1. The number of hydrogen-bond donors (Lipinski definition) is 2. The molecule has 0 spiro atoms. The number of halogens is 1. The molecule has 0 aliphatic heterocycles. The normalized spacial score (nSPS) is 20.6. The zero-order valence-corrected chi connectivity index (χ0v) is 13.2. The Labute approximate surface area is 135 Å². The molecular weight excluding hydrogens is 356 g/mol. The second kappa shape index (κ2) is 6.87. The summed E-state index contributed by atoms with van der Waals surface area (Å²) in [5.74, 6) is -1.43. The number of carboxylic acids is 1. The van der Waals surface area contributed by atoms with Gasteiger partial charge in [-0.25, -0.2) is 0 Å². The maximum Gasteiger partial charge on any atom is 0.306 e. The largest absolute Gasteiger partial charge is 0.481 e. The van der Waals surface area contributed by atoms with Crippen LogP contribution in [0.2, 0.25) is 0 Å². The number of carboxylic acid groups (broad SMARTS) is 1. The highest BCUT2D eigenvalue weighted by atomic mass is 79.9. The number of carbonyl (C=O) groups is 2. The van der Waals surface area contributed by atoms with E-state index in [1.165, 1.54) is 18.2 Å². The van der Waals surface area contributed by atoms with E-state index in [1.54, 1.807) is 0 Å². The zero-order valence-electron chi connectivity index (χ0n) is 11.6. The van der Waals surface area contributed by atoms with E-state index in [-0.39, 0.29) is 24.1 Å². The number of nitro groups is 1. The summed E-state index contributed by atoms with van der Waals surface area (Å²) >= 11 is 3.22. The Morgan fingerprint density at radius 2 is 2.14 bits per heavy atom. The monoisotopic (exact) mass is 370 g/mol. The van der Waals surface area contributed by atoms with Crippen molar-refractivity contribution in [3.05, 3.63) is 38.3 Å². The lowest BCUT2D eigenvalue weighted by Gasteiger charge is -2.13. The van der Waals surface area contributed by atoms with Gasteiger partial charge in [-0.3, -0.25) is 19.7 Å². The molecule has 0 saturated heterocycles. The summed E-state index contributed by atoms with van der Waals surface area (Å²) in [5.41, 5.74) is 0.604. The van der Waals surface area contributed by atoms with Crippen molar-refractivity contribution in [2.24, 2.45) is 5.92 Å². The number of carbonyl (C=O) groups excluding carboxylic acids is 1. The van der Waals surface area contributed by atoms with Gasteiger partial charge < -0.3 is 10.4 Å². The Bertz CT molecular complexity index is 619. The summed E-state index contributed by atoms with van der Waals surface area (Å²) < 4.78 is 0.506. The first-order valence-electron chi connectivity index (χ1n) is 6.82. The van der Waals surface area contributed by atoms with Crippen LogP contribution in [-0.4, -0.2) is 27.9 Å². The van der Waals surface area contributed by atoms with Gasteiger partial charge in [0.15, 0.2) is 0 Å². The fraction of sp³-hybridized carbons (Fsp3) is 0.429. The lowest BCUT2D eigenvalue weighted by atomic mass is 10.1. The van der Waals surface area contributed by atoms with Gasteiger partial charge in [-0.1, -0.05) is 22.0 Å². The third-order valence-corrected chi connectivity index (χ3v) is 4.48. The Kier molecular flexibility index (Phi) is 5.12. The average molecular weight is 371 g/mol. The third-order valence-electron chi connectivity index (χ3n) is 3.75. The number of hydrogen-bond acceptors (Lipinski definition) is 4. The fourth-order valence-corrected chi connectivity index (χ4v) is 3.09. The fourth-order valence-electron chi connectivity index (χ4n) is 2.58. The first-order chi connectivity index (χ1) is 10.4. The molecule has 0 heterocycles. The van der Waals surface area contributed by atoms with Gasteiger partial charge in [0.2, 0.25) is 5.91 Å². The van der Waals surface area contributed by atoms with Gasteiger partial charge in [0.05, 0.1) is 17.3 Å². The zero-order chi connectivity index (χ0) is 16.3. The van der Waals surface area contributed by atoms with Gasteiger partial charge in [0.1, 0.15) is 0 Å². The van der Waals surface area contributed by atoms with Crippen LogP contribution in [0.3, 0.4) is 0 Å². The summed E-state index contributed by atoms with van der Waals surface area (Å²) in [6.07, 6.45) is 1.76. The predicted molar refractivity (Wildman–Crippen MR) is 81.4 cm³/mol. The first-order valence-corrected chi connectivity index (χ1v) is 7.61. The van der Waals surface area contributed by atoms with Gasteiger partial charge in [-0.05, 0) is 24.8 Å². The van der Waals surface area contributed by atoms with Crippen LogP contribution in [0.4, 0.5) is 5.69 Å². The van der Waals surface area contributed by atoms with E-state index in [0.29, 0.717) is 29.3 Å². The molecule has 1 aliphatic carbocycles. The van der Waals surface area contributed by atoms with E-state index in [2.05, 4.69) is 21.2 Å². The minimum atomic E-state index is -0.824. The third kappa shape index (κ3) is 4.03. The van der Waals surface area contributed by atoms with Crippen LogP contribution in [-0.2, 0) is 16.0 Å². The molecule has 0 bridgehead atoms. The minimum Gasteiger partial charge on any atom is -0.481 e. The average Bonchev–Trinajstić information content (AvgIpc) is 2.89. The number of non-ortho nitro benzene ring substituents is 1. The van der Waals surface area contributed by atoms with Crippen molar-refractivity contribution in [3.8, 4) is 0 Å². The molecule has 1 aromatic rings. The summed E-state index contributed by atoms with van der Waals surface area (Å²) in [4.78, 5) is 33.0. The second-order valence-corrected chi connectivity index (χ2v) is 6.18. The lowest BCUT2D eigenvalue weighted by Crippen LogP contribution is -2.34. The quantitative estimate of drug-likeness (QED) is 0.610. The second-order valence-electron chi connectivity index (χ2n) is 5.32. The van der Waals surface area contributed by atoms with Crippen LogP contribution in [0.15, 0.2) is 22.7 Å². The van der Waals surface area contributed by atoms with Crippen LogP contribution in [0.1, 0.15) is 24.8 Å². The molecule has 1 fully saturated rings. The van der Waals surface area contributed by atoms with E-state index in [1.807, 2.05) is 0 Å². The predicted octanol–water partition coefficient (Wildman–Crippen LogP) is 2.27. The Hall–Kier alpha value is -1.96. The first kappa shape index (κ1) is 16.4. The molecule has 2 atom stereocenters. The van der Waals surface area contributed by atoms with Crippen molar-refractivity contribution < 1.29 is 19.6 Å². The molecule has 1 amide bonds. The van der Waals surface area contributed by atoms with E-state index in [4.69, 9.17) is 5.11 Å². The maximum absolute atomic E-state index is 12.0. The standard InChI is InChI=1S/C14H15BrN2O5/c15-12-7-11(17(21)22)4-2-8(12)6-13(18)16-10-3-1-9(5-10)14(19)20/h2,4,7,9-10H,1,3,5-6H2,(H,16,18)(H,19,20)/t9-,10+/m0/s1. The van der Waals surface area contributed by atoms with Gasteiger partial charge in [-0.15, -0.1) is 0 Å². The number of nitrogens with one attached hydrogen (secondary N) is 1. The summed E-state index contributed by atoms with van der Waals surface area (Å²) in [6.45, 7) is 0. The molecule has 0 unspecified atom stereocenters. The Balaban J connectivity index is 1.93. The molecule has 8 heteroatoms. The highest BCUT2D eigenvalue weighted by Crippen LogP contribution is 2.26. The summed E-state index contributed by atoms with van der Waals surface area (Å²) in [7, 11) is 0. The van der Waals surface area contributed by atoms with Crippen LogP contribution < -0.4 is 5.32 Å². The molecule has 2 N–H and O–H groups in total. The molecule has 1 aliphatic rings. The molecule has 0 aromatic heterocycles. The van der Waals surface area contributed by atoms with E-state index in [9.17, 15) is 19.7 Å². The topological polar surface area (TPSA) is 110 Å². The van der Waals surface area contributed by atoms with Gasteiger partial charge in [0.25, 0.3) is 5.69 Å². The molecule has 118 valence electrons. The van der Waals surface area contributed by atoms with Gasteiger partial charge in [-0.2, -0.15) is 0 Å². The van der Waals surface area contributed by atoms with Crippen LogP contribution in [0, 0.1) is 16.0 Å². The Morgan fingerprint density at radius 3 is 2.68 bits per heavy atom. The van der Waals surface area contributed by atoms with Crippen LogP contribution in [0.25, 0.3) is 0 Å². The summed E-state index contributed by atoms with van der Waals surface area (Å²) in [6, 6.07) is 4.13. The van der Waals surface area contributed by atoms with E-state index < -0.39 is 16.8 Å². The van der Waals surface area contributed by atoms with Crippen molar-refractivity contribution in [3.63, 3.8) is 0 Å². The molecule has 7 nitrogen and oxygen atoms in total. The smallest absolute Gasteiger partial charge is 0.306 e. The highest BCUT2D eigenvalue weighted by Gasteiger charge is 2.30. The summed E-state index contributed by atoms with van der Waals surface area (Å²) in [5, 5.41) is 22.4. The van der Waals surface area contributed by atoms with Gasteiger partial charge in [0, 0.05) is 22.6 Å². The lowest BCUT2D eigenvalue weighted by molar-refractivity contribution is -0.384. The minimum absolute atomic E-state index is 0.0453. The molecule has 2 rings (SSSR count). The maximum atomic E-state index is 12.0. The van der Waals surface area contributed by atoms with Crippen molar-refractivity contribution in [2.45, 2.75) is 31.7 Å². The highest BCUT2D eigenvalue weighted by molar-refractivity contribution is 9.10. The van der Waals surface area contributed by atoms with Crippen molar-refractivity contribution in [1.82, 2.24) is 5.32 Å². The van der Waals surface area contributed by atoms with E-state index in [0.717, 1.165) is 0 Å². The number of benzene rings is 1. The Morgan fingerprint density at radius 1 is 1.41 bits per heavy atom. The number of nitro benzene ring substituents is 1. The molecule has 0 radical (unpaired) electrons. The van der Waals surface area contributed by atoms with Crippen molar-refractivity contribution in [2.75, 3.05) is 0 Å². The number of nitrogens with zero attached hydrogens (tertiary/aromatic N) is 1. The van der Waals surface area contributed by atoms with Crippen molar-refractivity contribution in [1.29, 1.82) is 0 Å². The molecule has 1 aromatic carbocycles. The SMILES string of the molecule is O=C(Cc1ccc([N+](=O)[O-])cc1Br)N[C@@H]1CC[C@H](C(=O)O)C1. The van der Waals surface area contributed by atoms with Gasteiger partial charge >= 0.3 is 5.97 Å². The number of amides is 1. The van der Waals surface area contributed by atoms with Crippen molar-refractivity contribution >= 4 is 33.5 Å². The number of rotatable bonds is 5. The molecule has 22 heavy (non-hydrogen) atoms. The molecule has 1 saturated carbocycles. The van der Waals surface area contributed by atoms with Crippen LogP contribution in [0.5, 0.6) is 0 Å². The van der Waals surface area contributed by atoms with Crippen LogP contribution >= 0.6 is 15.9 Å². The van der Waals surface area contributed by atoms with E-state index >= 15 is 0 Å².